The van der Waals surface area contributed by atoms with Crippen molar-refractivity contribution in [2.24, 2.45) is 0 Å². The molecule has 0 spiro atoms. The first kappa shape index (κ1) is 43.3. The van der Waals surface area contributed by atoms with Gasteiger partial charge in [0, 0.05) is 30.7 Å². The predicted molar refractivity (Wildman–Crippen MR) is 234 cm³/mol. The van der Waals surface area contributed by atoms with E-state index in [1.165, 1.54) is 16.2 Å². The Hall–Kier alpha value is -6.80. The summed E-state index contributed by atoms with van der Waals surface area (Å²) in [6, 6.07) is 31.6. The average molecular weight is 856 g/mol. The molecule has 5 aromatic rings. The highest BCUT2D eigenvalue weighted by Crippen LogP contribution is 2.23. The number of nitrogens with zero attached hydrogens (tertiary/aromatic N) is 1. The smallest absolute Gasteiger partial charge is 0.326 e. The lowest BCUT2D eigenvalue weighted by atomic mass is 9.99. The van der Waals surface area contributed by atoms with Crippen LogP contribution in [0.5, 0.6) is 5.75 Å². The molecule has 2 bridgehead atoms. The number of nitrogens with one attached hydrogen (secondary N) is 4. The van der Waals surface area contributed by atoms with Crippen LogP contribution >= 0.6 is 11.3 Å². The number of carbonyl (C=O) groups excluding carboxylic acids is 5. The molecule has 3 aliphatic rings. The van der Waals surface area contributed by atoms with Gasteiger partial charge in [-0.3, -0.25) is 24.0 Å². The standard InChI is InChI=1S/C48H49N5O8S/c54-43-30-61-36-22-17-33(18-23-36)28-41(47(58)53-25-7-14-42(53)48(59)60)52-44(55)38(24-19-31-9-3-1-4-10-31)50-45(56)39(51-46(57)40(49-43)29-37-13-8-26-62-37)27-32-15-20-35(21-16-32)34-11-5-2-6-12-34/h1-6,8-13,15-18,20-23,26,38-42H,7,14,19,24-25,27-30H2,(H,49,54)(H,50,56)(H,51,57)(H,52,55)(H,59,60)/t38-,39+,40-,41+,42-/m1/s1. The van der Waals surface area contributed by atoms with Crippen LogP contribution in [0.4, 0.5) is 0 Å². The minimum Gasteiger partial charge on any atom is -0.484 e. The molecule has 0 saturated carbocycles. The maximum atomic E-state index is 14.6. The highest BCUT2D eigenvalue weighted by molar-refractivity contribution is 7.09. The third kappa shape index (κ3) is 11.5. The molecule has 14 heteroatoms. The number of fused-ring (bicyclic) bond motifs is 16. The van der Waals surface area contributed by atoms with Gasteiger partial charge in [0.25, 0.3) is 5.91 Å². The monoisotopic (exact) mass is 855 g/mol. The van der Waals surface area contributed by atoms with Crippen LogP contribution in [0.1, 0.15) is 40.8 Å². The zero-order valence-corrected chi connectivity index (χ0v) is 34.9. The number of aryl methyl sites for hydroxylation is 1. The molecule has 1 aromatic heterocycles. The van der Waals surface area contributed by atoms with Crippen molar-refractivity contribution in [2.45, 2.75) is 75.2 Å². The van der Waals surface area contributed by atoms with Crippen LogP contribution in [-0.2, 0) is 54.5 Å². The molecule has 1 fully saturated rings. The molecule has 320 valence electrons. The van der Waals surface area contributed by atoms with Gasteiger partial charge in [0.05, 0.1) is 0 Å². The molecule has 0 unspecified atom stereocenters. The molecule has 0 radical (unpaired) electrons. The molecule has 5 atom stereocenters. The minimum absolute atomic E-state index is 0.00951. The fraction of sp³-hybridized carbons (Fsp3) is 0.292. The maximum Gasteiger partial charge on any atom is 0.326 e. The van der Waals surface area contributed by atoms with Gasteiger partial charge in [-0.25, -0.2) is 4.79 Å². The molecule has 0 aliphatic carbocycles. The number of carboxylic acid groups (broad SMARTS) is 1. The van der Waals surface area contributed by atoms with Crippen molar-refractivity contribution in [1.29, 1.82) is 0 Å². The first-order valence-corrected chi connectivity index (χ1v) is 21.6. The van der Waals surface area contributed by atoms with Crippen LogP contribution in [0, 0.1) is 0 Å². The van der Waals surface area contributed by atoms with Crippen LogP contribution in [0.2, 0.25) is 0 Å². The number of aliphatic carboxylic acids is 1. The molecular weight excluding hydrogens is 807 g/mol. The number of likely N-dealkylation sites (tertiary alicyclic amines) is 1. The van der Waals surface area contributed by atoms with Crippen molar-refractivity contribution >= 4 is 46.8 Å². The number of amides is 5. The summed E-state index contributed by atoms with van der Waals surface area (Å²) in [5, 5.41) is 23.3. The predicted octanol–water partition coefficient (Wildman–Crippen LogP) is 4.48. The molecule has 62 heavy (non-hydrogen) atoms. The summed E-state index contributed by atoms with van der Waals surface area (Å²) >= 11 is 1.43. The molecule has 4 aromatic carbocycles. The summed E-state index contributed by atoms with van der Waals surface area (Å²) in [4.78, 5) is 85.3. The third-order valence-corrected chi connectivity index (χ3v) is 12.0. The quantitative estimate of drug-likeness (QED) is 0.128. The van der Waals surface area contributed by atoms with E-state index in [0.717, 1.165) is 27.1 Å². The zero-order chi connectivity index (χ0) is 43.4. The molecule has 13 nitrogen and oxygen atoms in total. The number of hydrogen-bond acceptors (Lipinski definition) is 8. The first-order valence-electron chi connectivity index (χ1n) is 20.8. The van der Waals surface area contributed by atoms with Gasteiger partial charge in [-0.1, -0.05) is 103 Å². The number of ether oxygens (including phenoxy) is 1. The first-order chi connectivity index (χ1) is 30.1. The van der Waals surface area contributed by atoms with Crippen molar-refractivity contribution < 1.29 is 38.6 Å². The fourth-order valence-electron chi connectivity index (χ4n) is 7.82. The molecule has 5 amide bonds. The van der Waals surface area contributed by atoms with Gasteiger partial charge in [-0.15, -0.1) is 11.3 Å². The fourth-order valence-corrected chi connectivity index (χ4v) is 8.57. The van der Waals surface area contributed by atoms with E-state index in [4.69, 9.17) is 4.74 Å². The highest BCUT2D eigenvalue weighted by atomic mass is 32.1. The van der Waals surface area contributed by atoms with Gasteiger partial charge in [-0.05, 0) is 77.1 Å². The van der Waals surface area contributed by atoms with Gasteiger partial charge in [0.15, 0.2) is 6.61 Å². The van der Waals surface area contributed by atoms with Gasteiger partial charge < -0.3 is 36.0 Å². The van der Waals surface area contributed by atoms with E-state index >= 15 is 0 Å². The van der Waals surface area contributed by atoms with Gasteiger partial charge in [0.2, 0.25) is 23.6 Å². The lowest BCUT2D eigenvalue weighted by molar-refractivity contribution is -0.149. The second-order valence-corrected chi connectivity index (χ2v) is 16.6. The van der Waals surface area contributed by atoms with Crippen molar-refractivity contribution in [2.75, 3.05) is 13.2 Å². The van der Waals surface area contributed by atoms with Gasteiger partial charge >= 0.3 is 5.97 Å². The molecule has 3 aliphatic heterocycles. The van der Waals surface area contributed by atoms with E-state index in [0.29, 0.717) is 24.2 Å². The Balaban J connectivity index is 1.23. The molecule has 4 heterocycles. The Morgan fingerprint density at radius 1 is 0.677 bits per heavy atom. The maximum absolute atomic E-state index is 14.6. The molecule has 5 N–H and O–H groups in total. The lowest BCUT2D eigenvalue weighted by Crippen LogP contribution is -2.59. The van der Waals surface area contributed by atoms with Crippen LogP contribution in [0.3, 0.4) is 0 Å². The van der Waals surface area contributed by atoms with Crippen LogP contribution in [0.15, 0.2) is 127 Å². The Bertz CT molecular complexity index is 2320. The van der Waals surface area contributed by atoms with Crippen molar-refractivity contribution in [1.82, 2.24) is 26.2 Å². The highest BCUT2D eigenvalue weighted by Gasteiger charge is 2.39. The molecule has 8 rings (SSSR count). The topological polar surface area (TPSA) is 183 Å². The van der Waals surface area contributed by atoms with Gasteiger partial charge in [0.1, 0.15) is 36.0 Å². The lowest BCUT2D eigenvalue weighted by Gasteiger charge is -2.29. The van der Waals surface area contributed by atoms with Crippen molar-refractivity contribution in [3.63, 3.8) is 0 Å². The number of carbonyl (C=O) groups is 6. The van der Waals surface area contributed by atoms with E-state index in [1.54, 1.807) is 24.3 Å². The summed E-state index contributed by atoms with van der Waals surface area (Å²) in [6.07, 6.45) is 1.52. The average Bonchev–Trinajstić information content (AvgIpc) is 4.01. The molecular formula is C48H49N5O8S. The summed E-state index contributed by atoms with van der Waals surface area (Å²) in [5.41, 5.74) is 4.26. The summed E-state index contributed by atoms with van der Waals surface area (Å²) in [5.74, 6) is -3.78. The van der Waals surface area contributed by atoms with E-state index in [-0.39, 0.29) is 38.6 Å². The zero-order valence-electron chi connectivity index (χ0n) is 34.0. The number of thiophene rings is 1. The van der Waals surface area contributed by atoms with Crippen LogP contribution in [0.25, 0.3) is 11.1 Å². The van der Waals surface area contributed by atoms with E-state index in [1.807, 2.05) is 102 Å². The largest absolute Gasteiger partial charge is 0.484 e. The normalized spacial score (nSPS) is 21.3. The number of carboxylic acids is 1. The van der Waals surface area contributed by atoms with Crippen LogP contribution in [-0.4, -0.2) is 88.9 Å². The van der Waals surface area contributed by atoms with Gasteiger partial charge in [-0.2, -0.15) is 0 Å². The number of benzene rings is 4. The van der Waals surface area contributed by atoms with E-state index < -0.39 is 72.3 Å². The number of rotatable bonds is 10. The van der Waals surface area contributed by atoms with Crippen LogP contribution < -0.4 is 26.0 Å². The minimum atomic E-state index is -1.20. The number of hydrogen-bond donors (Lipinski definition) is 5. The van der Waals surface area contributed by atoms with E-state index in [2.05, 4.69) is 21.3 Å². The second kappa shape index (κ2) is 20.6. The van der Waals surface area contributed by atoms with E-state index in [9.17, 15) is 33.9 Å². The summed E-state index contributed by atoms with van der Waals surface area (Å²) < 4.78 is 5.79. The van der Waals surface area contributed by atoms with Crippen molar-refractivity contribution in [3.05, 3.63) is 148 Å². The van der Waals surface area contributed by atoms with Crippen molar-refractivity contribution in [3.8, 4) is 16.9 Å². The summed E-state index contributed by atoms with van der Waals surface area (Å²) in [7, 11) is 0. The Morgan fingerprint density at radius 2 is 1.32 bits per heavy atom. The Kier molecular flexibility index (Phi) is 14.4. The molecule has 1 saturated heterocycles. The Labute approximate surface area is 363 Å². The Morgan fingerprint density at radius 3 is 2.00 bits per heavy atom. The second-order valence-electron chi connectivity index (χ2n) is 15.5. The summed E-state index contributed by atoms with van der Waals surface area (Å²) in [6.45, 7) is -0.191. The SMILES string of the molecule is O=C1COc2ccc(cc2)C[C@@H](C(=O)N2CCC[C@@H]2C(=O)O)NC(=O)[C@@H](CCc2ccccc2)NC(=O)[C@H](Cc2ccc(-c3ccccc3)cc2)NC(=O)[C@@H](Cc2cccs2)N1. The third-order valence-electron chi connectivity index (χ3n) is 11.1.